The second kappa shape index (κ2) is 9.47. The Morgan fingerprint density at radius 3 is 2.41 bits per heavy atom. The lowest BCUT2D eigenvalue weighted by Gasteiger charge is -2.37. The fourth-order valence-electron chi connectivity index (χ4n) is 3.37. The van der Waals surface area contributed by atoms with Crippen molar-refractivity contribution in [2.75, 3.05) is 31.1 Å². The molecule has 2 aromatic rings. The Labute approximate surface area is 190 Å². The molecule has 1 amide bonds. The molecule has 0 aliphatic carbocycles. The average molecular weight is 546 g/mol. The third-order valence-corrected chi connectivity index (χ3v) is 6.27. The first-order chi connectivity index (χ1) is 13.8. The van der Waals surface area contributed by atoms with Gasteiger partial charge in [-0.05, 0) is 52.2 Å². The highest BCUT2D eigenvalue weighted by molar-refractivity contribution is 9.11. The topological polar surface area (TPSA) is 86.9 Å². The second-order valence-corrected chi connectivity index (χ2v) is 8.98. The van der Waals surface area contributed by atoms with E-state index in [2.05, 4.69) is 36.8 Å². The van der Waals surface area contributed by atoms with Crippen molar-refractivity contribution >= 4 is 61.0 Å². The van der Waals surface area contributed by atoms with Gasteiger partial charge < -0.3 is 20.6 Å². The summed E-state index contributed by atoms with van der Waals surface area (Å²) < 4.78 is 1.36. The highest BCUT2D eigenvalue weighted by Crippen LogP contribution is 2.30. The highest BCUT2D eigenvalue weighted by atomic mass is 79.9. The molecular formula is C20H20Br2ClN3O3. The van der Waals surface area contributed by atoms with Crippen molar-refractivity contribution in [3.05, 3.63) is 61.5 Å². The van der Waals surface area contributed by atoms with E-state index in [1.807, 2.05) is 24.3 Å². The first-order valence-corrected chi connectivity index (χ1v) is 11.0. The second-order valence-electron chi connectivity index (χ2n) is 6.80. The third kappa shape index (κ3) is 5.12. The summed E-state index contributed by atoms with van der Waals surface area (Å²) >= 11 is 13.1. The van der Waals surface area contributed by atoms with Gasteiger partial charge in [0.1, 0.15) is 6.04 Å². The summed E-state index contributed by atoms with van der Waals surface area (Å²) in [6.07, 6.45) is 0.0635. The molecule has 3 rings (SSSR count). The monoisotopic (exact) mass is 543 g/mol. The van der Waals surface area contributed by atoms with Gasteiger partial charge in [0.2, 0.25) is 0 Å². The van der Waals surface area contributed by atoms with Crippen LogP contribution < -0.4 is 10.6 Å². The van der Waals surface area contributed by atoms with E-state index in [1.54, 1.807) is 17.0 Å². The number of carbonyl (C=O) groups is 2. The minimum absolute atomic E-state index is 0.0635. The maximum absolute atomic E-state index is 13.3. The molecule has 154 valence electrons. The Kier molecular flexibility index (Phi) is 7.21. The van der Waals surface area contributed by atoms with Crippen LogP contribution in [-0.4, -0.2) is 54.1 Å². The summed E-state index contributed by atoms with van der Waals surface area (Å²) in [4.78, 5) is 28.4. The molecule has 3 N–H and O–H groups in total. The van der Waals surface area contributed by atoms with Crippen LogP contribution in [-0.2, 0) is 11.2 Å². The maximum Gasteiger partial charge on any atom is 0.320 e. The van der Waals surface area contributed by atoms with E-state index in [-0.39, 0.29) is 12.3 Å². The molecule has 1 heterocycles. The van der Waals surface area contributed by atoms with Gasteiger partial charge in [0.25, 0.3) is 5.91 Å². The van der Waals surface area contributed by atoms with Crippen LogP contribution in [0.2, 0.25) is 5.02 Å². The van der Waals surface area contributed by atoms with Crippen LogP contribution in [0.3, 0.4) is 0 Å². The maximum atomic E-state index is 13.3. The molecule has 1 atom stereocenters. The van der Waals surface area contributed by atoms with Crippen LogP contribution in [0.5, 0.6) is 0 Å². The third-order valence-electron chi connectivity index (χ3n) is 4.87. The van der Waals surface area contributed by atoms with Gasteiger partial charge in [-0.2, -0.15) is 0 Å². The molecule has 0 radical (unpaired) electrons. The minimum atomic E-state index is -1.10. The first-order valence-electron chi connectivity index (χ1n) is 9.03. The fourth-order valence-corrected chi connectivity index (χ4v) is 5.11. The number of hydrogen-bond acceptors (Lipinski definition) is 4. The molecule has 2 aromatic carbocycles. The van der Waals surface area contributed by atoms with Gasteiger partial charge in [-0.3, -0.25) is 9.59 Å². The number of anilines is 1. The van der Waals surface area contributed by atoms with Crippen LogP contribution >= 0.6 is 43.5 Å². The van der Waals surface area contributed by atoms with Gasteiger partial charge in [0, 0.05) is 35.1 Å². The van der Waals surface area contributed by atoms with Gasteiger partial charge in [-0.25, -0.2) is 0 Å². The lowest BCUT2D eigenvalue weighted by Crippen LogP contribution is -2.49. The number of benzene rings is 2. The Morgan fingerprint density at radius 1 is 1.14 bits per heavy atom. The zero-order valence-corrected chi connectivity index (χ0v) is 19.4. The van der Waals surface area contributed by atoms with Crippen molar-refractivity contribution in [2.24, 2.45) is 5.73 Å². The van der Waals surface area contributed by atoms with Crippen molar-refractivity contribution in [1.29, 1.82) is 0 Å². The number of rotatable bonds is 5. The summed E-state index contributed by atoms with van der Waals surface area (Å²) in [5.74, 6) is -1.25. The van der Waals surface area contributed by atoms with Crippen LogP contribution in [0.4, 0.5) is 5.69 Å². The van der Waals surface area contributed by atoms with Gasteiger partial charge in [0.15, 0.2) is 0 Å². The molecule has 1 aliphatic heterocycles. The number of para-hydroxylation sites is 1. The van der Waals surface area contributed by atoms with Crippen molar-refractivity contribution in [1.82, 2.24) is 4.90 Å². The lowest BCUT2D eigenvalue weighted by atomic mass is 9.99. The summed E-state index contributed by atoms with van der Waals surface area (Å²) in [5.41, 5.74) is 7.73. The van der Waals surface area contributed by atoms with E-state index in [4.69, 9.17) is 22.4 Å². The summed E-state index contributed by atoms with van der Waals surface area (Å²) in [6.45, 7) is 2.40. The predicted molar refractivity (Wildman–Crippen MR) is 121 cm³/mol. The van der Waals surface area contributed by atoms with E-state index in [1.165, 1.54) is 0 Å². The quantitative estimate of drug-likeness (QED) is 0.597. The molecule has 1 fully saturated rings. The molecule has 6 nitrogen and oxygen atoms in total. The number of carboxylic acids is 1. The van der Waals surface area contributed by atoms with E-state index in [0.717, 1.165) is 10.2 Å². The summed E-state index contributed by atoms with van der Waals surface area (Å²) in [6, 6.07) is 10.1. The molecule has 29 heavy (non-hydrogen) atoms. The molecular weight excluding hydrogens is 525 g/mol. The number of halogens is 3. The number of carbonyl (C=O) groups excluding carboxylic acids is 1. The Morgan fingerprint density at radius 2 is 1.79 bits per heavy atom. The molecule has 1 saturated heterocycles. The summed E-state index contributed by atoms with van der Waals surface area (Å²) in [5, 5.41) is 9.85. The molecule has 0 unspecified atom stereocenters. The molecule has 0 bridgehead atoms. The zero-order chi connectivity index (χ0) is 21.1. The lowest BCUT2D eigenvalue weighted by molar-refractivity contribution is -0.138. The standard InChI is InChI=1S/C20H20Br2ClN3O3/c21-13-9-12(10-16(24)20(28)29)18(14(22)11-13)19(27)26-7-5-25(6-8-26)17-4-2-1-3-15(17)23/h1-4,9,11,16H,5-8,10,24H2,(H,28,29)/t16-/m1/s1. The first kappa shape index (κ1) is 22.1. The molecule has 9 heteroatoms. The SMILES string of the molecule is N[C@H](Cc1cc(Br)cc(Br)c1C(=O)N1CCN(c2ccccc2Cl)CC1)C(=O)O. The Balaban J connectivity index is 1.79. The van der Waals surface area contributed by atoms with Crippen LogP contribution in [0.1, 0.15) is 15.9 Å². The van der Waals surface area contributed by atoms with E-state index >= 15 is 0 Å². The number of amides is 1. The molecule has 0 spiro atoms. The molecule has 0 saturated carbocycles. The number of hydrogen-bond donors (Lipinski definition) is 2. The van der Waals surface area contributed by atoms with E-state index in [0.29, 0.717) is 46.8 Å². The van der Waals surface area contributed by atoms with Crippen molar-refractivity contribution in [2.45, 2.75) is 12.5 Å². The average Bonchev–Trinajstić information content (AvgIpc) is 2.67. The van der Waals surface area contributed by atoms with Crippen molar-refractivity contribution < 1.29 is 14.7 Å². The minimum Gasteiger partial charge on any atom is -0.480 e. The number of aliphatic carboxylic acids is 1. The van der Waals surface area contributed by atoms with Crippen molar-refractivity contribution in [3.8, 4) is 0 Å². The number of nitrogens with zero attached hydrogens (tertiary/aromatic N) is 2. The highest BCUT2D eigenvalue weighted by Gasteiger charge is 2.27. The normalized spacial score (nSPS) is 15.3. The zero-order valence-electron chi connectivity index (χ0n) is 15.4. The van der Waals surface area contributed by atoms with Crippen molar-refractivity contribution in [3.63, 3.8) is 0 Å². The predicted octanol–water partition coefficient (Wildman–Crippen LogP) is 3.78. The van der Waals surface area contributed by atoms with Gasteiger partial charge in [-0.15, -0.1) is 0 Å². The van der Waals surface area contributed by atoms with Gasteiger partial charge >= 0.3 is 5.97 Å². The smallest absolute Gasteiger partial charge is 0.320 e. The fraction of sp³-hybridized carbons (Fsp3) is 0.300. The summed E-state index contributed by atoms with van der Waals surface area (Å²) in [7, 11) is 0. The molecule has 0 aromatic heterocycles. The van der Waals surface area contributed by atoms with E-state index < -0.39 is 12.0 Å². The van der Waals surface area contributed by atoms with Gasteiger partial charge in [-0.1, -0.05) is 39.7 Å². The number of nitrogens with two attached hydrogens (primary N) is 1. The number of carboxylic acid groups (broad SMARTS) is 1. The van der Waals surface area contributed by atoms with Crippen LogP contribution in [0.15, 0.2) is 45.3 Å². The largest absolute Gasteiger partial charge is 0.480 e. The molecule has 1 aliphatic rings. The number of piperazine rings is 1. The van der Waals surface area contributed by atoms with Crippen LogP contribution in [0, 0.1) is 0 Å². The Bertz CT molecular complexity index is 933. The van der Waals surface area contributed by atoms with E-state index in [9.17, 15) is 9.59 Å². The Hall–Kier alpha value is -1.61. The van der Waals surface area contributed by atoms with Gasteiger partial charge in [0.05, 0.1) is 16.3 Å². The van der Waals surface area contributed by atoms with Crippen LogP contribution in [0.25, 0.3) is 0 Å².